The average molecular weight is 573 g/mol. The third-order valence-electron chi connectivity index (χ3n) is 5.66. The molecule has 0 fully saturated rings. The first-order chi connectivity index (χ1) is 17.3. The molecule has 0 aliphatic rings. The van der Waals surface area contributed by atoms with Crippen LogP contribution in [0.4, 0.5) is 0 Å². The number of ether oxygens (including phenoxy) is 2. The second kappa shape index (κ2) is 11.8. The summed E-state index contributed by atoms with van der Waals surface area (Å²) in [5.74, 6) is 1.91. The summed E-state index contributed by atoms with van der Waals surface area (Å²) in [6.45, 7) is 4.99. The second-order valence-electron chi connectivity index (χ2n) is 8.46. The Balaban J connectivity index is 1.26. The molecule has 0 aliphatic heterocycles. The van der Waals surface area contributed by atoms with E-state index in [4.69, 9.17) is 25.5 Å². The summed E-state index contributed by atoms with van der Waals surface area (Å²) < 4.78 is 19.9. The summed E-state index contributed by atoms with van der Waals surface area (Å²) in [6, 6.07) is 12.6. The lowest BCUT2D eigenvalue weighted by Gasteiger charge is -2.09. The van der Waals surface area contributed by atoms with E-state index in [9.17, 15) is 4.79 Å². The molecule has 0 atom stereocenters. The van der Waals surface area contributed by atoms with Gasteiger partial charge in [0.15, 0.2) is 0 Å². The minimum absolute atomic E-state index is 0.387. The van der Waals surface area contributed by atoms with Gasteiger partial charge in [-0.3, -0.25) is 4.99 Å². The van der Waals surface area contributed by atoms with E-state index in [2.05, 4.69) is 26.0 Å². The highest BCUT2D eigenvalue weighted by Crippen LogP contribution is 2.31. The summed E-state index contributed by atoms with van der Waals surface area (Å²) >= 11 is 9.79. The van der Waals surface area contributed by atoms with Crippen molar-refractivity contribution in [3.63, 3.8) is 0 Å². The van der Waals surface area contributed by atoms with Gasteiger partial charge in [0.1, 0.15) is 17.1 Å². The Kier molecular flexibility index (Phi) is 8.48. The second-order valence-corrected chi connectivity index (χ2v) is 9.78. The molecule has 0 saturated carbocycles. The maximum absolute atomic E-state index is 11.6. The molecule has 188 valence electrons. The van der Waals surface area contributed by atoms with Crippen LogP contribution in [0.3, 0.4) is 0 Å². The molecule has 4 rings (SSSR count). The van der Waals surface area contributed by atoms with Crippen LogP contribution in [0, 0.1) is 13.8 Å². The van der Waals surface area contributed by atoms with Gasteiger partial charge in [-0.25, -0.2) is 9.48 Å². The molecule has 0 spiro atoms. The van der Waals surface area contributed by atoms with Gasteiger partial charge in [0.05, 0.1) is 22.9 Å². The first kappa shape index (κ1) is 26.0. The summed E-state index contributed by atoms with van der Waals surface area (Å²) in [5, 5.41) is 5.77. The number of unbranched alkanes of at least 4 members (excludes halogenated alkanes) is 2. The largest absolute Gasteiger partial charge is 0.492 e. The van der Waals surface area contributed by atoms with E-state index >= 15 is 0 Å². The van der Waals surface area contributed by atoms with Crippen LogP contribution in [-0.4, -0.2) is 29.1 Å². The van der Waals surface area contributed by atoms with E-state index in [1.807, 2.05) is 51.4 Å². The number of hydrogen-bond acceptors (Lipinski definition) is 6. The molecule has 4 aromatic rings. The van der Waals surface area contributed by atoms with Gasteiger partial charge in [0.25, 0.3) is 0 Å². The predicted octanol–water partition coefficient (Wildman–Crippen LogP) is 7.02. The zero-order chi connectivity index (χ0) is 25.7. The highest BCUT2D eigenvalue weighted by molar-refractivity contribution is 9.10. The number of fused-ring (bicyclic) bond motifs is 1. The highest BCUT2D eigenvalue weighted by Gasteiger charge is 2.14. The van der Waals surface area contributed by atoms with E-state index in [1.54, 1.807) is 16.8 Å². The van der Waals surface area contributed by atoms with Crippen molar-refractivity contribution in [1.29, 1.82) is 0 Å². The Morgan fingerprint density at radius 3 is 2.69 bits per heavy atom. The number of nitrogens with zero attached hydrogens (tertiary/aromatic N) is 3. The molecule has 0 radical (unpaired) electrons. The third-order valence-corrected chi connectivity index (χ3v) is 6.48. The number of halogens is 2. The summed E-state index contributed by atoms with van der Waals surface area (Å²) in [7, 11) is 1.86. The monoisotopic (exact) mass is 571 g/mol. The van der Waals surface area contributed by atoms with Gasteiger partial charge < -0.3 is 13.9 Å². The van der Waals surface area contributed by atoms with Gasteiger partial charge in [0.2, 0.25) is 5.88 Å². The Labute approximate surface area is 222 Å². The molecule has 0 unspecified atom stereocenters. The Bertz CT molecular complexity index is 1440. The number of benzene rings is 2. The van der Waals surface area contributed by atoms with Crippen LogP contribution < -0.4 is 15.1 Å². The van der Waals surface area contributed by atoms with Crippen LogP contribution in [0.15, 0.2) is 61.1 Å². The molecule has 2 aromatic heterocycles. The molecule has 0 amide bonds. The van der Waals surface area contributed by atoms with E-state index in [0.29, 0.717) is 35.4 Å². The molecule has 0 bridgehead atoms. The van der Waals surface area contributed by atoms with Gasteiger partial charge in [0, 0.05) is 41.8 Å². The standard InChI is InChI=1S/C27H27BrClN3O4/c1-17-13-26(33)36-24-15-25(23(29)14-21(17)24)34-12-6-4-5-11-30-16-22-18(2)31-32(3)27(22)35-20-9-7-19(28)8-10-20/h7-10,13-16H,4-6,11-12H2,1-3H3. The molecule has 2 heterocycles. The van der Waals surface area contributed by atoms with Gasteiger partial charge in [-0.1, -0.05) is 27.5 Å². The molecule has 9 heteroatoms. The fourth-order valence-electron chi connectivity index (χ4n) is 3.79. The zero-order valence-electron chi connectivity index (χ0n) is 20.4. The smallest absolute Gasteiger partial charge is 0.336 e. The third kappa shape index (κ3) is 6.36. The SMILES string of the molecule is Cc1nn(C)c(Oc2ccc(Br)cc2)c1C=NCCCCCOc1cc2oc(=O)cc(C)c2cc1Cl. The van der Waals surface area contributed by atoms with E-state index in [0.717, 1.165) is 51.7 Å². The van der Waals surface area contributed by atoms with Crippen molar-refractivity contribution >= 4 is 44.7 Å². The number of aliphatic imine (C=N–C) groups is 1. The molecule has 0 N–H and O–H groups in total. The fourth-order valence-corrected chi connectivity index (χ4v) is 4.27. The van der Waals surface area contributed by atoms with Crippen molar-refractivity contribution in [1.82, 2.24) is 9.78 Å². The van der Waals surface area contributed by atoms with E-state index in [-0.39, 0.29) is 5.63 Å². The van der Waals surface area contributed by atoms with Crippen molar-refractivity contribution in [3.05, 3.63) is 79.2 Å². The minimum atomic E-state index is -0.387. The number of aryl methyl sites for hydroxylation is 3. The average Bonchev–Trinajstić information content (AvgIpc) is 3.09. The Morgan fingerprint density at radius 2 is 1.92 bits per heavy atom. The van der Waals surface area contributed by atoms with Crippen LogP contribution >= 0.6 is 27.5 Å². The lowest BCUT2D eigenvalue weighted by atomic mass is 10.1. The van der Waals surface area contributed by atoms with Crippen LogP contribution in [-0.2, 0) is 7.05 Å². The summed E-state index contributed by atoms with van der Waals surface area (Å²) in [4.78, 5) is 16.2. The van der Waals surface area contributed by atoms with Crippen LogP contribution in [0.2, 0.25) is 5.02 Å². The van der Waals surface area contributed by atoms with Gasteiger partial charge in [-0.05, 0) is 69.0 Å². The number of aromatic nitrogens is 2. The van der Waals surface area contributed by atoms with Crippen molar-refractivity contribution < 1.29 is 13.9 Å². The fraction of sp³-hybridized carbons (Fsp3) is 0.296. The molecule has 2 aromatic carbocycles. The van der Waals surface area contributed by atoms with Gasteiger partial charge in [-0.15, -0.1) is 0 Å². The number of hydrogen-bond donors (Lipinski definition) is 0. The quantitative estimate of drug-likeness (QED) is 0.116. The Hall–Kier alpha value is -3.10. The first-order valence-electron chi connectivity index (χ1n) is 11.7. The molecular weight excluding hydrogens is 546 g/mol. The van der Waals surface area contributed by atoms with Gasteiger partial charge >= 0.3 is 5.63 Å². The van der Waals surface area contributed by atoms with Crippen LogP contribution in [0.25, 0.3) is 11.0 Å². The zero-order valence-corrected chi connectivity index (χ0v) is 22.7. The van der Waals surface area contributed by atoms with Crippen LogP contribution in [0.5, 0.6) is 17.4 Å². The minimum Gasteiger partial charge on any atom is -0.492 e. The lowest BCUT2D eigenvalue weighted by molar-refractivity contribution is 0.306. The molecule has 0 saturated heterocycles. The summed E-state index contributed by atoms with van der Waals surface area (Å²) in [6.07, 6.45) is 4.55. The predicted molar refractivity (Wildman–Crippen MR) is 146 cm³/mol. The Morgan fingerprint density at radius 1 is 1.14 bits per heavy atom. The topological polar surface area (TPSA) is 78.8 Å². The van der Waals surface area contributed by atoms with Crippen LogP contribution in [0.1, 0.15) is 36.1 Å². The normalized spacial score (nSPS) is 11.5. The van der Waals surface area contributed by atoms with E-state index in [1.165, 1.54) is 6.07 Å². The van der Waals surface area contributed by atoms with E-state index < -0.39 is 0 Å². The van der Waals surface area contributed by atoms with Crippen molar-refractivity contribution in [2.24, 2.45) is 12.0 Å². The summed E-state index contributed by atoms with van der Waals surface area (Å²) in [5.41, 5.74) is 2.64. The molecule has 7 nitrogen and oxygen atoms in total. The highest BCUT2D eigenvalue weighted by atomic mass is 79.9. The lowest BCUT2D eigenvalue weighted by Crippen LogP contribution is -2.01. The van der Waals surface area contributed by atoms with Crippen molar-refractivity contribution in [3.8, 4) is 17.4 Å². The van der Waals surface area contributed by atoms with Crippen molar-refractivity contribution in [2.45, 2.75) is 33.1 Å². The van der Waals surface area contributed by atoms with Gasteiger partial charge in [-0.2, -0.15) is 5.10 Å². The maximum atomic E-state index is 11.6. The number of rotatable bonds is 10. The maximum Gasteiger partial charge on any atom is 0.336 e. The first-order valence-corrected chi connectivity index (χ1v) is 12.8. The molecule has 0 aliphatic carbocycles. The molecular formula is C27H27BrClN3O4. The van der Waals surface area contributed by atoms with Crippen molar-refractivity contribution in [2.75, 3.05) is 13.2 Å². The molecule has 36 heavy (non-hydrogen) atoms.